The highest BCUT2D eigenvalue weighted by atomic mass is 28.3. The van der Waals surface area contributed by atoms with Crippen LogP contribution in [0.5, 0.6) is 0 Å². The van der Waals surface area contributed by atoms with Gasteiger partial charge in [0.2, 0.25) is 0 Å². The minimum atomic E-state index is -2.67. The van der Waals surface area contributed by atoms with E-state index in [-0.39, 0.29) is 21.7 Å². The van der Waals surface area contributed by atoms with E-state index >= 15 is 0 Å². The van der Waals surface area contributed by atoms with Gasteiger partial charge < -0.3 is 18.6 Å². The first-order valence-electron chi connectivity index (χ1n) is 42.9. The van der Waals surface area contributed by atoms with Crippen molar-refractivity contribution in [1.82, 2.24) is 0 Å². The molecule has 0 saturated carbocycles. The van der Waals surface area contributed by atoms with E-state index in [9.17, 15) is 0 Å². The summed E-state index contributed by atoms with van der Waals surface area (Å²) in [6.07, 6.45) is 0. The molecule has 2 aromatic heterocycles. The molecule has 120 heavy (non-hydrogen) atoms. The summed E-state index contributed by atoms with van der Waals surface area (Å²) in [7, 11) is -5.33. The number of benzene rings is 17. The molecule has 0 unspecified atom stereocenters. The van der Waals surface area contributed by atoms with Gasteiger partial charge in [-0.2, -0.15) is 0 Å². The number of nitrogens with zero attached hydrogens (tertiary/aromatic N) is 2. The molecule has 4 heterocycles. The Kier molecular flexibility index (Phi) is 16.8. The van der Waals surface area contributed by atoms with Crippen LogP contribution in [0, 0.1) is 0 Å². The first kappa shape index (κ1) is 74.9. The number of para-hydroxylation sites is 2. The van der Waals surface area contributed by atoms with Crippen LogP contribution in [0.15, 0.2) is 324 Å². The van der Waals surface area contributed by atoms with Crippen LogP contribution in [0.4, 0.5) is 34.1 Å². The van der Waals surface area contributed by atoms with Gasteiger partial charge in [0, 0.05) is 44.5 Å². The van der Waals surface area contributed by atoms with Crippen LogP contribution < -0.4 is 30.5 Å². The molecule has 2 aliphatic rings. The molecule has 0 saturated heterocycles. The van der Waals surface area contributed by atoms with Crippen molar-refractivity contribution in [2.75, 3.05) is 9.80 Å². The van der Waals surface area contributed by atoms with Crippen molar-refractivity contribution in [3.8, 4) is 66.8 Å². The predicted molar refractivity (Wildman–Crippen MR) is 521 cm³/mol. The smallest absolute Gasteiger partial charge is 0.160 e. The Morgan fingerprint density at radius 1 is 0.225 bits per heavy atom. The lowest BCUT2D eigenvalue weighted by molar-refractivity contribution is 0.595. The Labute approximate surface area is 707 Å². The van der Waals surface area contributed by atoms with Crippen LogP contribution in [-0.2, 0) is 21.7 Å². The van der Waals surface area contributed by atoms with Gasteiger partial charge >= 0.3 is 0 Å². The SMILES string of the molecule is CC(C)(C)c1ccc(-c2ccc(N(c3ccc(-c4ccc(C(C)(C)C)c5ccccc45)cc3)c3cc4c(c5c3oc3ccccc35)-c3cc5c(cc3[Si]4(C)C)-c3c(cc(N(c4ccc(-c6ccc(C(C)(C)C)c7ccccc67)cc4)c4ccc(-c6ccc(C(C)(C)C)c7ccccc67)cc4)c4c3oc3ccccc34)[Si]5(C)C)cc2)c2ccccc12. The fourth-order valence-electron chi connectivity index (χ4n) is 20.8. The van der Waals surface area contributed by atoms with Gasteiger partial charge in [-0.15, -0.1) is 0 Å². The third-order valence-corrected chi connectivity index (χ3v) is 33.8. The highest BCUT2D eigenvalue weighted by molar-refractivity contribution is 7.06. The molecule has 2 aliphatic heterocycles. The molecule has 21 rings (SSSR count). The van der Waals surface area contributed by atoms with E-state index in [1.807, 2.05) is 0 Å². The highest BCUT2D eigenvalue weighted by Gasteiger charge is 2.47. The fourth-order valence-corrected chi connectivity index (χ4v) is 26.9. The monoisotopic (exact) mass is 1580 g/mol. The van der Waals surface area contributed by atoms with E-state index in [0.29, 0.717) is 0 Å². The lowest BCUT2D eigenvalue weighted by Gasteiger charge is -2.29. The molecule has 0 radical (unpaired) electrons. The first-order chi connectivity index (χ1) is 57.6. The van der Waals surface area contributed by atoms with Crippen molar-refractivity contribution in [3.05, 3.63) is 338 Å². The molecule has 0 atom stereocenters. The van der Waals surface area contributed by atoms with Gasteiger partial charge in [0.25, 0.3) is 0 Å². The third kappa shape index (κ3) is 11.7. The van der Waals surface area contributed by atoms with Gasteiger partial charge in [0.1, 0.15) is 32.9 Å². The van der Waals surface area contributed by atoms with Gasteiger partial charge in [-0.05, 0) is 242 Å². The summed E-state index contributed by atoms with van der Waals surface area (Å²) in [6, 6.07) is 120. The summed E-state index contributed by atoms with van der Waals surface area (Å²) in [6.45, 7) is 38.2. The summed E-state index contributed by atoms with van der Waals surface area (Å²) < 4.78 is 15.1. The normalized spacial score (nSPS) is 13.8. The molecular formula is C114H100N2O2Si2. The molecule has 0 bridgehead atoms. The Morgan fingerprint density at radius 3 is 0.825 bits per heavy atom. The molecule has 19 aromatic rings. The Morgan fingerprint density at radius 2 is 0.492 bits per heavy atom. The molecule has 6 heteroatoms. The van der Waals surface area contributed by atoms with E-state index in [2.05, 4.69) is 435 Å². The second kappa shape index (κ2) is 27.0. The van der Waals surface area contributed by atoms with Crippen molar-refractivity contribution in [2.45, 2.75) is 131 Å². The zero-order valence-electron chi connectivity index (χ0n) is 71.7. The maximum absolute atomic E-state index is 7.59. The van der Waals surface area contributed by atoms with E-state index in [4.69, 9.17) is 8.83 Å². The summed E-state index contributed by atoms with van der Waals surface area (Å²) in [4.78, 5) is 5.02. The van der Waals surface area contributed by atoms with Crippen LogP contribution >= 0.6 is 0 Å². The number of furan rings is 2. The predicted octanol–water partition coefficient (Wildman–Crippen LogP) is 30.5. The minimum absolute atomic E-state index is 0.0142. The Balaban J connectivity index is 0.741. The lowest BCUT2D eigenvalue weighted by Crippen LogP contribution is -2.51. The van der Waals surface area contributed by atoms with Gasteiger partial charge in [0.15, 0.2) is 5.58 Å². The number of anilines is 6. The zero-order chi connectivity index (χ0) is 82.6. The van der Waals surface area contributed by atoms with Crippen LogP contribution in [0.3, 0.4) is 0 Å². The van der Waals surface area contributed by atoms with Crippen molar-refractivity contribution in [2.24, 2.45) is 0 Å². The van der Waals surface area contributed by atoms with Crippen LogP contribution in [0.1, 0.15) is 105 Å². The molecule has 586 valence electrons. The topological polar surface area (TPSA) is 32.8 Å². The average Bonchev–Trinajstić information content (AvgIpc) is 1.51. The third-order valence-electron chi connectivity index (χ3n) is 26.8. The molecule has 0 aliphatic carbocycles. The zero-order valence-corrected chi connectivity index (χ0v) is 73.7. The standard InChI is InChI=1S/C114H100N2O2Si2/c1-111(2,3)93-61-57-77(81-29-17-21-33-85(81)93)69-41-49-73(50-42-69)115(74-51-43-70(44-52-74)78-58-62-94(112(4,5)6)86-34-22-18-30-82(78)86)97-67-104-107(110-105(97)89-37-25-27-39-99(89)118-110)92-66-101-91(65-102(92)120(104,15)16)106-103(119(101,13)14)68-98(109-108(106)90-38-26-28-40-100(90)117-109)116(75-53-45-71(46-54-75)79-59-63-95(113(7,8)9)87-35-23-19-31-83(79)87)76-55-47-72(48-56-76)80-60-64-96(114(10,11)12)88-36-24-20-32-84(80)88/h17-68H,1-16H3. The number of fused-ring (bicyclic) bond motifs is 18. The molecule has 0 amide bonds. The van der Waals surface area contributed by atoms with Crippen molar-refractivity contribution < 1.29 is 8.83 Å². The van der Waals surface area contributed by atoms with Crippen molar-refractivity contribution >= 4 is 158 Å². The van der Waals surface area contributed by atoms with E-state index in [0.717, 1.165) is 72.6 Å². The molecular weight excluding hydrogens is 1490 g/mol. The van der Waals surface area contributed by atoms with E-state index < -0.39 is 16.1 Å². The fraction of sp³-hybridized carbons (Fsp3) is 0.175. The summed E-state index contributed by atoms with van der Waals surface area (Å²) >= 11 is 0. The highest BCUT2D eigenvalue weighted by Crippen LogP contribution is 2.54. The number of rotatable bonds is 10. The maximum Gasteiger partial charge on any atom is 0.160 e. The van der Waals surface area contributed by atoms with Crippen molar-refractivity contribution in [1.29, 1.82) is 0 Å². The maximum atomic E-state index is 7.59. The second-order valence-corrected chi connectivity index (χ2v) is 47.8. The summed E-state index contributed by atoms with van der Waals surface area (Å²) in [5.41, 5.74) is 30.1. The largest absolute Gasteiger partial charge is 0.455 e. The molecule has 0 fully saturated rings. The quantitative estimate of drug-likeness (QED) is 0.128. The van der Waals surface area contributed by atoms with Gasteiger partial charge in [-0.1, -0.05) is 352 Å². The van der Waals surface area contributed by atoms with Gasteiger partial charge in [-0.3, -0.25) is 0 Å². The summed E-state index contributed by atoms with van der Waals surface area (Å²) in [5, 5.41) is 20.4. The van der Waals surface area contributed by atoms with Gasteiger partial charge in [0.05, 0.1) is 16.8 Å². The Bertz CT molecular complexity index is 7190. The van der Waals surface area contributed by atoms with E-state index in [1.54, 1.807) is 0 Å². The van der Waals surface area contributed by atoms with Crippen molar-refractivity contribution in [3.63, 3.8) is 0 Å². The molecule has 17 aromatic carbocycles. The molecule has 4 nitrogen and oxygen atoms in total. The van der Waals surface area contributed by atoms with E-state index in [1.165, 1.54) is 158 Å². The first-order valence-corrected chi connectivity index (χ1v) is 48.9. The summed E-state index contributed by atoms with van der Waals surface area (Å²) in [5.74, 6) is 0. The minimum Gasteiger partial charge on any atom is -0.455 e. The van der Waals surface area contributed by atoms with Crippen LogP contribution in [0.25, 0.3) is 154 Å². The lowest BCUT2D eigenvalue weighted by atomic mass is 9.82. The molecule has 0 N–H and O–H groups in total. The van der Waals surface area contributed by atoms with Crippen LogP contribution in [-0.4, -0.2) is 16.1 Å². The number of hydrogen-bond donors (Lipinski definition) is 0. The van der Waals surface area contributed by atoms with Crippen LogP contribution in [0.2, 0.25) is 26.2 Å². The van der Waals surface area contributed by atoms with Gasteiger partial charge in [-0.25, -0.2) is 0 Å². The Hall–Kier alpha value is -12.6. The average molecular weight is 1590 g/mol. The molecule has 0 spiro atoms. The number of hydrogen-bond acceptors (Lipinski definition) is 4. The second-order valence-electron chi connectivity index (χ2n) is 39.1.